The number of hydrogen-bond acceptors (Lipinski definition) is 3. The first-order chi connectivity index (χ1) is 10.2. The molecule has 0 aromatic heterocycles. The van der Waals surface area contributed by atoms with Crippen molar-refractivity contribution in [2.75, 3.05) is 14.2 Å². The lowest BCUT2D eigenvalue weighted by atomic mass is 10.2. The van der Waals surface area contributed by atoms with Crippen LogP contribution in [0.4, 0.5) is 4.39 Å². The highest BCUT2D eigenvalue weighted by Gasteiger charge is 2.09. The highest BCUT2D eigenvalue weighted by Crippen LogP contribution is 2.30. The molecule has 0 amide bonds. The van der Waals surface area contributed by atoms with Gasteiger partial charge in [-0.05, 0) is 30.8 Å². The largest absolute Gasteiger partial charge is 0.493 e. The van der Waals surface area contributed by atoms with Crippen LogP contribution in [0.3, 0.4) is 0 Å². The Balaban J connectivity index is 2.14. The van der Waals surface area contributed by atoms with E-state index in [9.17, 15) is 4.39 Å². The number of halogens is 2. The van der Waals surface area contributed by atoms with Gasteiger partial charge in [-0.25, -0.2) is 4.39 Å². The maximum absolute atomic E-state index is 13.4. The first kappa shape index (κ1) is 15.6. The molecule has 0 spiro atoms. The molecule has 3 nitrogen and oxygen atoms in total. The summed E-state index contributed by atoms with van der Waals surface area (Å²) in [5, 5.41) is 3.16. The fourth-order valence-corrected chi connectivity index (χ4v) is 2.14. The Hall–Kier alpha value is -1.78. The Morgan fingerprint density at radius 2 is 2.00 bits per heavy atom. The highest BCUT2D eigenvalue weighted by molar-refractivity contribution is 6.31. The summed E-state index contributed by atoms with van der Waals surface area (Å²) in [6.07, 6.45) is 0. The van der Waals surface area contributed by atoms with Crippen LogP contribution in [-0.2, 0) is 13.2 Å². The molecule has 0 bridgehead atoms. The van der Waals surface area contributed by atoms with Crippen LogP contribution in [0.2, 0.25) is 5.02 Å². The third-order valence-corrected chi connectivity index (χ3v) is 3.45. The summed E-state index contributed by atoms with van der Waals surface area (Å²) in [5.74, 6) is 0.780. The van der Waals surface area contributed by atoms with Crippen molar-refractivity contribution in [3.8, 4) is 11.5 Å². The normalized spacial score (nSPS) is 10.5. The molecule has 0 aliphatic rings. The average Bonchev–Trinajstić information content (AvgIpc) is 2.50. The minimum Gasteiger partial charge on any atom is -0.493 e. The standard InChI is InChI=1S/C16H17ClFNO2/c1-19-9-11-6-7-14(15(8-11)20-2)21-10-12-4-3-5-13(18)16(12)17/h3-8,19H,9-10H2,1-2H3. The monoisotopic (exact) mass is 309 g/mol. The molecule has 0 aliphatic carbocycles. The summed E-state index contributed by atoms with van der Waals surface area (Å²) in [5.41, 5.74) is 1.68. The molecule has 2 rings (SSSR count). The molecule has 0 heterocycles. The quantitative estimate of drug-likeness (QED) is 0.880. The fourth-order valence-electron chi connectivity index (χ4n) is 1.96. The van der Waals surface area contributed by atoms with Gasteiger partial charge in [-0.1, -0.05) is 29.8 Å². The van der Waals surface area contributed by atoms with E-state index >= 15 is 0 Å². The van der Waals surface area contributed by atoms with Gasteiger partial charge in [-0.2, -0.15) is 0 Å². The van der Waals surface area contributed by atoms with E-state index in [1.165, 1.54) is 6.07 Å². The van der Waals surface area contributed by atoms with E-state index in [2.05, 4.69) is 5.32 Å². The van der Waals surface area contributed by atoms with Crippen molar-refractivity contribution in [1.82, 2.24) is 5.32 Å². The van der Waals surface area contributed by atoms with Crippen LogP contribution in [0.15, 0.2) is 36.4 Å². The SMILES string of the molecule is CNCc1ccc(OCc2cccc(F)c2Cl)c(OC)c1. The van der Waals surface area contributed by atoms with Gasteiger partial charge in [-0.3, -0.25) is 0 Å². The zero-order chi connectivity index (χ0) is 15.2. The molecule has 112 valence electrons. The number of ether oxygens (including phenoxy) is 2. The molecule has 0 aliphatic heterocycles. The van der Waals surface area contributed by atoms with Crippen molar-refractivity contribution in [1.29, 1.82) is 0 Å². The fraction of sp³-hybridized carbons (Fsp3) is 0.250. The molecule has 0 saturated heterocycles. The Morgan fingerprint density at radius 3 is 2.71 bits per heavy atom. The summed E-state index contributed by atoms with van der Waals surface area (Å²) in [6.45, 7) is 0.921. The van der Waals surface area contributed by atoms with Gasteiger partial charge in [0.15, 0.2) is 11.5 Å². The van der Waals surface area contributed by atoms with Gasteiger partial charge >= 0.3 is 0 Å². The predicted molar refractivity (Wildman–Crippen MR) is 81.5 cm³/mol. The summed E-state index contributed by atoms with van der Waals surface area (Å²) in [6, 6.07) is 10.3. The average molecular weight is 310 g/mol. The maximum atomic E-state index is 13.4. The molecule has 0 radical (unpaired) electrons. The van der Waals surface area contributed by atoms with Gasteiger partial charge in [0.05, 0.1) is 12.1 Å². The lowest BCUT2D eigenvalue weighted by Crippen LogP contribution is -2.05. The van der Waals surface area contributed by atoms with Crippen molar-refractivity contribution in [3.63, 3.8) is 0 Å². The van der Waals surface area contributed by atoms with E-state index in [0.29, 0.717) is 17.1 Å². The highest BCUT2D eigenvalue weighted by atomic mass is 35.5. The van der Waals surface area contributed by atoms with Crippen LogP contribution in [0, 0.1) is 5.82 Å². The van der Waals surface area contributed by atoms with Gasteiger partial charge in [0.25, 0.3) is 0 Å². The molecule has 2 aromatic rings. The van der Waals surface area contributed by atoms with Crippen LogP contribution in [0.1, 0.15) is 11.1 Å². The van der Waals surface area contributed by atoms with Crippen LogP contribution < -0.4 is 14.8 Å². The Labute approximate surface area is 128 Å². The molecule has 21 heavy (non-hydrogen) atoms. The molecule has 0 saturated carbocycles. The molecule has 0 atom stereocenters. The van der Waals surface area contributed by atoms with Gasteiger partial charge in [0, 0.05) is 12.1 Å². The molecule has 1 N–H and O–H groups in total. The summed E-state index contributed by atoms with van der Waals surface area (Å²) < 4.78 is 24.4. The lowest BCUT2D eigenvalue weighted by molar-refractivity contribution is 0.284. The van der Waals surface area contributed by atoms with Crippen molar-refractivity contribution in [2.24, 2.45) is 0 Å². The topological polar surface area (TPSA) is 30.5 Å². The third-order valence-electron chi connectivity index (χ3n) is 3.02. The number of methoxy groups -OCH3 is 1. The second kappa shape index (κ2) is 7.29. The van der Waals surface area contributed by atoms with Crippen LogP contribution >= 0.6 is 11.6 Å². The second-order valence-electron chi connectivity index (χ2n) is 4.52. The molecule has 5 heteroatoms. The first-order valence-corrected chi connectivity index (χ1v) is 6.90. The number of rotatable bonds is 6. The van der Waals surface area contributed by atoms with Crippen molar-refractivity contribution < 1.29 is 13.9 Å². The summed E-state index contributed by atoms with van der Waals surface area (Å²) >= 11 is 5.91. The predicted octanol–water partition coefficient (Wildman–Crippen LogP) is 3.79. The van der Waals surface area contributed by atoms with Crippen LogP contribution in [0.25, 0.3) is 0 Å². The zero-order valence-electron chi connectivity index (χ0n) is 12.0. The van der Waals surface area contributed by atoms with E-state index in [1.807, 2.05) is 25.2 Å². The molecule has 0 unspecified atom stereocenters. The van der Waals surface area contributed by atoms with Crippen molar-refractivity contribution in [2.45, 2.75) is 13.2 Å². The van der Waals surface area contributed by atoms with Gasteiger partial charge in [0.2, 0.25) is 0 Å². The summed E-state index contributed by atoms with van der Waals surface area (Å²) in [4.78, 5) is 0. The maximum Gasteiger partial charge on any atom is 0.161 e. The van der Waals surface area contributed by atoms with Gasteiger partial charge in [0.1, 0.15) is 12.4 Å². The van der Waals surface area contributed by atoms with Gasteiger partial charge < -0.3 is 14.8 Å². The molecule has 0 fully saturated rings. The first-order valence-electron chi connectivity index (χ1n) is 6.53. The van der Waals surface area contributed by atoms with E-state index in [4.69, 9.17) is 21.1 Å². The minimum absolute atomic E-state index is 0.0864. The zero-order valence-corrected chi connectivity index (χ0v) is 12.7. The molecular formula is C16H17ClFNO2. The molecule has 2 aromatic carbocycles. The van der Waals surface area contributed by atoms with Crippen molar-refractivity contribution in [3.05, 3.63) is 58.4 Å². The van der Waals surface area contributed by atoms with Crippen molar-refractivity contribution >= 4 is 11.6 Å². The second-order valence-corrected chi connectivity index (χ2v) is 4.90. The lowest BCUT2D eigenvalue weighted by Gasteiger charge is -2.13. The van der Waals surface area contributed by atoms with E-state index in [-0.39, 0.29) is 11.6 Å². The smallest absolute Gasteiger partial charge is 0.161 e. The van der Waals surface area contributed by atoms with Gasteiger partial charge in [-0.15, -0.1) is 0 Å². The molecular weight excluding hydrogens is 293 g/mol. The number of benzene rings is 2. The Morgan fingerprint density at radius 1 is 1.19 bits per heavy atom. The van der Waals surface area contributed by atoms with E-state index < -0.39 is 5.82 Å². The third kappa shape index (κ3) is 3.86. The van der Waals surface area contributed by atoms with Crippen LogP contribution in [0.5, 0.6) is 11.5 Å². The van der Waals surface area contributed by atoms with E-state index in [0.717, 1.165) is 12.1 Å². The Bertz CT molecular complexity index is 619. The Kier molecular flexibility index (Phi) is 5.42. The number of nitrogens with one attached hydrogen (secondary N) is 1. The summed E-state index contributed by atoms with van der Waals surface area (Å²) in [7, 11) is 3.46. The number of hydrogen-bond donors (Lipinski definition) is 1. The minimum atomic E-state index is -0.450. The van der Waals surface area contributed by atoms with E-state index in [1.54, 1.807) is 19.2 Å². The van der Waals surface area contributed by atoms with Crippen LogP contribution in [-0.4, -0.2) is 14.2 Å².